The van der Waals surface area contributed by atoms with Crippen LogP contribution in [0.5, 0.6) is 0 Å². The summed E-state index contributed by atoms with van der Waals surface area (Å²) in [6.07, 6.45) is 2.84. The Kier molecular flexibility index (Phi) is 1.77. The predicted octanol–water partition coefficient (Wildman–Crippen LogP) is 1.55. The third-order valence-corrected chi connectivity index (χ3v) is 1.60. The summed E-state index contributed by atoms with van der Waals surface area (Å²) in [6.45, 7) is 0. The van der Waals surface area contributed by atoms with E-state index in [1.165, 1.54) is 29.2 Å². The van der Waals surface area contributed by atoms with Crippen molar-refractivity contribution in [2.24, 2.45) is 0 Å². The predicted molar refractivity (Wildman–Crippen MR) is 41.3 cm³/mol. The first-order valence-corrected chi connectivity index (χ1v) is 3.60. The topological polar surface area (TPSA) is 30.7 Å². The van der Waals surface area contributed by atoms with Gasteiger partial charge >= 0.3 is 0 Å². The molecule has 13 heavy (non-hydrogen) atoms. The van der Waals surface area contributed by atoms with Crippen LogP contribution in [0.1, 0.15) is 0 Å². The molecular formula is C8H5F2N3. The minimum absolute atomic E-state index is 0.0532. The number of rotatable bonds is 1. The van der Waals surface area contributed by atoms with E-state index in [4.69, 9.17) is 0 Å². The Hall–Kier alpha value is -1.78. The van der Waals surface area contributed by atoms with Crippen molar-refractivity contribution in [3.63, 3.8) is 0 Å². The molecular weight excluding hydrogens is 176 g/mol. The van der Waals surface area contributed by atoms with Crippen LogP contribution in [0.2, 0.25) is 0 Å². The molecule has 0 atom stereocenters. The van der Waals surface area contributed by atoms with E-state index in [2.05, 4.69) is 10.3 Å². The van der Waals surface area contributed by atoms with Gasteiger partial charge < -0.3 is 0 Å². The van der Waals surface area contributed by atoms with Crippen LogP contribution in [0, 0.1) is 11.6 Å². The standard InChI is InChI=1S/C8H5F2N3/c9-6-2-1-3-7(8(6)10)13-5-4-11-12-13/h1-5H. The van der Waals surface area contributed by atoms with Gasteiger partial charge in [-0.25, -0.2) is 13.5 Å². The van der Waals surface area contributed by atoms with Gasteiger partial charge in [-0.2, -0.15) is 0 Å². The molecule has 0 radical (unpaired) electrons. The molecule has 0 aliphatic heterocycles. The number of halogens is 2. The zero-order chi connectivity index (χ0) is 9.26. The third kappa shape index (κ3) is 1.28. The molecule has 2 aromatic rings. The molecule has 0 bridgehead atoms. The van der Waals surface area contributed by atoms with E-state index in [0.29, 0.717) is 0 Å². The Morgan fingerprint density at radius 3 is 2.77 bits per heavy atom. The van der Waals surface area contributed by atoms with Crippen molar-refractivity contribution in [3.8, 4) is 5.69 Å². The van der Waals surface area contributed by atoms with E-state index in [0.717, 1.165) is 6.07 Å². The van der Waals surface area contributed by atoms with Gasteiger partial charge in [0.2, 0.25) is 0 Å². The van der Waals surface area contributed by atoms with Crippen LogP contribution >= 0.6 is 0 Å². The summed E-state index contributed by atoms with van der Waals surface area (Å²) in [7, 11) is 0. The maximum atomic E-state index is 13.1. The average molecular weight is 181 g/mol. The summed E-state index contributed by atoms with van der Waals surface area (Å²) in [4.78, 5) is 0. The monoisotopic (exact) mass is 181 g/mol. The van der Waals surface area contributed by atoms with E-state index in [9.17, 15) is 8.78 Å². The maximum Gasteiger partial charge on any atom is 0.184 e. The molecule has 0 N–H and O–H groups in total. The second kappa shape index (κ2) is 2.93. The number of nitrogens with zero attached hydrogens (tertiary/aromatic N) is 3. The molecule has 1 heterocycles. The van der Waals surface area contributed by atoms with Crippen molar-refractivity contribution < 1.29 is 8.78 Å². The fraction of sp³-hybridized carbons (Fsp3) is 0. The third-order valence-electron chi connectivity index (χ3n) is 1.60. The highest BCUT2D eigenvalue weighted by Gasteiger charge is 2.08. The number of hydrogen-bond donors (Lipinski definition) is 0. The normalized spacial score (nSPS) is 10.3. The van der Waals surface area contributed by atoms with Crippen LogP contribution in [0.3, 0.4) is 0 Å². The van der Waals surface area contributed by atoms with Crippen LogP contribution in [0.15, 0.2) is 30.6 Å². The van der Waals surface area contributed by atoms with Crippen LogP contribution in [0.25, 0.3) is 5.69 Å². The SMILES string of the molecule is Fc1cccc(-n2ccnn2)c1F. The molecule has 66 valence electrons. The lowest BCUT2D eigenvalue weighted by molar-refractivity contribution is 0.500. The van der Waals surface area contributed by atoms with Crippen LogP contribution < -0.4 is 0 Å². The molecule has 0 saturated carbocycles. The van der Waals surface area contributed by atoms with E-state index in [-0.39, 0.29) is 5.69 Å². The van der Waals surface area contributed by atoms with E-state index < -0.39 is 11.6 Å². The Balaban J connectivity index is 2.59. The summed E-state index contributed by atoms with van der Waals surface area (Å²) in [5.74, 6) is -1.82. The highest BCUT2D eigenvalue weighted by Crippen LogP contribution is 2.14. The first-order valence-electron chi connectivity index (χ1n) is 3.60. The van der Waals surface area contributed by atoms with Gasteiger partial charge in [0.15, 0.2) is 11.6 Å². The summed E-state index contributed by atoms with van der Waals surface area (Å²) >= 11 is 0. The zero-order valence-corrected chi connectivity index (χ0v) is 6.48. The molecule has 0 unspecified atom stereocenters. The van der Waals surface area contributed by atoms with Gasteiger partial charge in [0.05, 0.1) is 12.4 Å². The minimum atomic E-state index is -0.923. The lowest BCUT2D eigenvalue weighted by Gasteiger charge is -2.01. The second-order valence-corrected chi connectivity index (χ2v) is 2.42. The van der Waals surface area contributed by atoms with E-state index >= 15 is 0 Å². The Morgan fingerprint density at radius 2 is 2.08 bits per heavy atom. The second-order valence-electron chi connectivity index (χ2n) is 2.42. The molecule has 5 heteroatoms. The molecule has 1 aromatic carbocycles. The number of benzene rings is 1. The fourth-order valence-corrected chi connectivity index (χ4v) is 1.01. The number of aromatic nitrogens is 3. The smallest absolute Gasteiger partial charge is 0.184 e. The summed E-state index contributed by atoms with van der Waals surface area (Å²) < 4.78 is 27.0. The van der Waals surface area contributed by atoms with Crippen molar-refractivity contribution in [2.75, 3.05) is 0 Å². The summed E-state index contributed by atoms with van der Waals surface area (Å²) in [5, 5.41) is 7.04. The first kappa shape index (κ1) is 7.85. The summed E-state index contributed by atoms with van der Waals surface area (Å²) in [5.41, 5.74) is 0.0532. The largest absolute Gasteiger partial charge is 0.218 e. The molecule has 0 aliphatic carbocycles. The molecule has 0 amide bonds. The van der Waals surface area contributed by atoms with Gasteiger partial charge in [-0.1, -0.05) is 11.3 Å². The zero-order valence-electron chi connectivity index (χ0n) is 6.48. The van der Waals surface area contributed by atoms with Gasteiger partial charge in [0, 0.05) is 0 Å². The quantitative estimate of drug-likeness (QED) is 0.668. The first-order chi connectivity index (χ1) is 6.29. The molecule has 1 aromatic heterocycles. The average Bonchev–Trinajstić information content (AvgIpc) is 2.62. The molecule has 0 saturated heterocycles. The van der Waals surface area contributed by atoms with Gasteiger partial charge in [-0.05, 0) is 12.1 Å². The fourth-order valence-electron chi connectivity index (χ4n) is 1.01. The lowest BCUT2D eigenvalue weighted by Crippen LogP contribution is -2.00. The van der Waals surface area contributed by atoms with Crippen molar-refractivity contribution >= 4 is 0 Å². The maximum absolute atomic E-state index is 13.1. The van der Waals surface area contributed by atoms with Gasteiger partial charge in [0.1, 0.15) is 5.69 Å². The molecule has 0 aliphatic rings. The van der Waals surface area contributed by atoms with Gasteiger partial charge in [-0.15, -0.1) is 5.10 Å². The van der Waals surface area contributed by atoms with Crippen LogP contribution in [-0.2, 0) is 0 Å². The minimum Gasteiger partial charge on any atom is -0.218 e. The van der Waals surface area contributed by atoms with Crippen molar-refractivity contribution in [3.05, 3.63) is 42.2 Å². The Bertz CT molecular complexity index is 411. The van der Waals surface area contributed by atoms with E-state index in [1.54, 1.807) is 0 Å². The lowest BCUT2D eigenvalue weighted by atomic mass is 10.3. The molecule has 2 rings (SSSR count). The molecule has 3 nitrogen and oxygen atoms in total. The number of hydrogen-bond acceptors (Lipinski definition) is 2. The highest BCUT2D eigenvalue weighted by atomic mass is 19.2. The molecule has 0 spiro atoms. The van der Waals surface area contributed by atoms with Crippen LogP contribution in [0.4, 0.5) is 8.78 Å². The Morgan fingerprint density at radius 1 is 1.23 bits per heavy atom. The highest BCUT2D eigenvalue weighted by molar-refractivity contribution is 5.32. The van der Waals surface area contributed by atoms with Gasteiger partial charge in [-0.3, -0.25) is 0 Å². The van der Waals surface area contributed by atoms with Crippen LogP contribution in [-0.4, -0.2) is 15.0 Å². The van der Waals surface area contributed by atoms with E-state index in [1.807, 2.05) is 0 Å². The van der Waals surface area contributed by atoms with Crippen molar-refractivity contribution in [1.82, 2.24) is 15.0 Å². The van der Waals surface area contributed by atoms with Crippen molar-refractivity contribution in [1.29, 1.82) is 0 Å². The van der Waals surface area contributed by atoms with Crippen molar-refractivity contribution in [2.45, 2.75) is 0 Å². The Labute approximate surface area is 72.6 Å². The summed E-state index contributed by atoms with van der Waals surface area (Å²) in [6, 6.07) is 3.89. The van der Waals surface area contributed by atoms with Gasteiger partial charge in [0.25, 0.3) is 0 Å². The molecule has 0 fully saturated rings.